The Labute approximate surface area is 185 Å². The predicted octanol–water partition coefficient (Wildman–Crippen LogP) is 3.34. The number of ether oxygens (including phenoxy) is 2. The summed E-state index contributed by atoms with van der Waals surface area (Å²) < 4.78 is 10.6. The smallest absolute Gasteiger partial charge is 0.410 e. The maximum Gasteiger partial charge on any atom is 0.410 e. The molecule has 0 radical (unpaired) electrons. The Bertz CT molecular complexity index is 979. The molecule has 1 unspecified atom stereocenters. The Morgan fingerprint density at radius 3 is 2.81 bits per heavy atom. The monoisotopic (exact) mass is 445 g/mol. The number of carbonyl (C=O) groups is 1. The molecule has 1 atom stereocenters. The van der Waals surface area contributed by atoms with Crippen molar-refractivity contribution >= 4 is 29.2 Å². The lowest BCUT2D eigenvalue weighted by Gasteiger charge is -2.34. The topological polar surface area (TPSA) is 145 Å². The quantitative estimate of drug-likeness (QED) is 0.501. The number of likely N-dealkylation sites (tertiary alicyclic amines) is 1. The molecular formula is C20H27N7O5. The van der Waals surface area contributed by atoms with Crippen molar-refractivity contribution in [1.29, 1.82) is 0 Å². The fourth-order valence-corrected chi connectivity index (χ4v) is 3.23. The average molecular weight is 445 g/mol. The van der Waals surface area contributed by atoms with E-state index in [1.807, 2.05) is 0 Å². The van der Waals surface area contributed by atoms with Crippen LogP contribution in [0, 0.1) is 10.1 Å². The highest BCUT2D eigenvalue weighted by molar-refractivity contribution is 5.68. The molecule has 1 aliphatic rings. The molecule has 172 valence electrons. The van der Waals surface area contributed by atoms with Crippen molar-refractivity contribution in [3.63, 3.8) is 0 Å². The largest absolute Gasteiger partial charge is 0.480 e. The van der Waals surface area contributed by atoms with Gasteiger partial charge >= 0.3 is 11.8 Å². The fraction of sp³-hybridized carbons (Fsp3) is 0.500. The molecule has 1 saturated heterocycles. The minimum Gasteiger partial charge on any atom is -0.480 e. The molecule has 0 aromatic carbocycles. The Balaban J connectivity index is 1.78. The zero-order valence-electron chi connectivity index (χ0n) is 18.5. The van der Waals surface area contributed by atoms with Gasteiger partial charge in [0.15, 0.2) is 0 Å². The minimum atomic E-state index is -0.600. The van der Waals surface area contributed by atoms with Crippen LogP contribution >= 0.6 is 0 Å². The number of amides is 1. The number of nitrogens with zero attached hydrogens (tertiary/aromatic N) is 5. The molecule has 32 heavy (non-hydrogen) atoms. The van der Waals surface area contributed by atoms with Gasteiger partial charge in [-0.1, -0.05) is 0 Å². The molecule has 12 nitrogen and oxygen atoms in total. The maximum absolute atomic E-state index is 12.4. The second kappa shape index (κ2) is 9.62. The number of aromatic nitrogens is 3. The molecule has 0 saturated carbocycles. The van der Waals surface area contributed by atoms with Gasteiger partial charge in [-0.2, -0.15) is 4.98 Å². The number of hydrogen-bond donors (Lipinski definition) is 2. The first-order valence-corrected chi connectivity index (χ1v) is 10.2. The summed E-state index contributed by atoms with van der Waals surface area (Å²) in [4.78, 5) is 37.4. The minimum absolute atomic E-state index is 0.0615. The highest BCUT2D eigenvalue weighted by Crippen LogP contribution is 2.28. The predicted molar refractivity (Wildman–Crippen MR) is 117 cm³/mol. The van der Waals surface area contributed by atoms with Crippen LogP contribution in [0.1, 0.15) is 33.6 Å². The van der Waals surface area contributed by atoms with E-state index < -0.39 is 16.6 Å². The number of methoxy groups -OCH3 is 1. The molecule has 1 fully saturated rings. The van der Waals surface area contributed by atoms with Gasteiger partial charge in [-0.3, -0.25) is 10.1 Å². The summed E-state index contributed by atoms with van der Waals surface area (Å²) in [7, 11) is 1.48. The molecule has 0 aliphatic carbocycles. The third-order valence-corrected chi connectivity index (χ3v) is 4.59. The number of pyridine rings is 1. The first-order chi connectivity index (χ1) is 15.2. The SMILES string of the molecule is COc1ncccc1Nc1ncc([N+](=O)[O-])c(NC2CCCN(C(=O)OC(C)(C)C)C2)n1. The van der Waals surface area contributed by atoms with E-state index in [0.717, 1.165) is 19.0 Å². The Hall–Kier alpha value is -3.70. The van der Waals surface area contributed by atoms with E-state index in [1.165, 1.54) is 7.11 Å². The first kappa shape index (κ1) is 23.0. The van der Waals surface area contributed by atoms with E-state index in [2.05, 4.69) is 25.6 Å². The number of hydrogen-bond acceptors (Lipinski definition) is 10. The first-order valence-electron chi connectivity index (χ1n) is 10.2. The third-order valence-electron chi connectivity index (χ3n) is 4.59. The number of piperidine rings is 1. The van der Waals surface area contributed by atoms with Gasteiger partial charge in [0.1, 0.15) is 17.5 Å². The Morgan fingerprint density at radius 1 is 1.34 bits per heavy atom. The molecular weight excluding hydrogens is 418 g/mol. The van der Waals surface area contributed by atoms with Crippen LogP contribution in [0.4, 0.5) is 27.9 Å². The van der Waals surface area contributed by atoms with Gasteiger partial charge in [0.2, 0.25) is 17.6 Å². The average Bonchev–Trinajstić information content (AvgIpc) is 2.73. The van der Waals surface area contributed by atoms with Crippen molar-refractivity contribution < 1.29 is 19.2 Å². The van der Waals surface area contributed by atoms with Crippen molar-refractivity contribution in [2.45, 2.75) is 45.3 Å². The molecule has 1 aliphatic heterocycles. The summed E-state index contributed by atoms with van der Waals surface area (Å²) in [5.74, 6) is 0.542. The van der Waals surface area contributed by atoms with Gasteiger partial charge < -0.3 is 25.0 Å². The lowest BCUT2D eigenvalue weighted by atomic mass is 10.1. The zero-order valence-corrected chi connectivity index (χ0v) is 18.5. The Kier molecular flexibility index (Phi) is 6.91. The maximum atomic E-state index is 12.4. The molecule has 12 heteroatoms. The van der Waals surface area contributed by atoms with E-state index >= 15 is 0 Å². The zero-order chi connectivity index (χ0) is 23.3. The van der Waals surface area contributed by atoms with Crippen LogP contribution in [0.3, 0.4) is 0 Å². The highest BCUT2D eigenvalue weighted by atomic mass is 16.6. The van der Waals surface area contributed by atoms with Gasteiger partial charge in [0.25, 0.3) is 0 Å². The Morgan fingerprint density at radius 2 is 2.12 bits per heavy atom. The van der Waals surface area contributed by atoms with E-state index in [4.69, 9.17) is 9.47 Å². The summed E-state index contributed by atoms with van der Waals surface area (Å²) in [5, 5.41) is 17.6. The number of carbonyl (C=O) groups excluding carboxylic acids is 1. The standard InChI is InChI=1S/C20H27N7O5/c1-20(2,3)32-19(28)26-10-6-7-13(12-26)23-16-15(27(29)30)11-22-18(25-16)24-14-8-5-9-21-17(14)31-4/h5,8-9,11,13H,6-7,10,12H2,1-4H3,(H2,22,23,24,25). The van der Waals surface area contributed by atoms with Crippen LogP contribution in [-0.4, -0.2) is 62.7 Å². The second-order valence-corrected chi connectivity index (χ2v) is 8.28. The normalized spacial score (nSPS) is 16.2. The van der Waals surface area contributed by atoms with Crippen molar-refractivity contribution in [3.05, 3.63) is 34.6 Å². The van der Waals surface area contributed by atoms with Gasteiger partial charge in [-0.15, -0.1) is 0 Å². The van der Waals surface area contributed by atoms with Crippen LogP contribution in [0.5, 0.6) is 5.88 Å². The number of nitro groups is 1. The molecule has 2 aromatic heterocycles. The van der Waals surface area contributed by atoms with E-state index in [9.17, 15) is 14.9 Å². The van der Waals surface area contributed by atoms with Crippen LogP contribution in [0.2, 0.25) is 0 Å². The number of rotatable bonds is 6. The van der Waals surface area contributed by atoms with Crippen LogP contribution in [0.25, 0.3) is 0 Å². The van der Waals surface area contributed by atoms with Gasteiger partial charge in [0.05, 0.1) is 12.0 Å². The van der Waals surface area contributed by atoms with Crippen molar-refractivity contribution in [2.75, 3.05) is 30.8 Å². The summed E-state index contributed by atoms with van der Waals surface area (Å²) in [5.41, 5.74) is -0.344. The lowest BCUT2D eigenvalue weighted by Crippen LogP contribution is -2.47. The van der Waals surface area contributed by atoms with Crippen LogP contribution in [-0.2, 0) is 4.74 Å². The van der Waals surface area contributed by atoms with Gasteiger partial charge in [-0.25, -0.2) is 14.8 Å². The molecule has 0 spiro atoms. The summed E-state index contributed by atoms with van der Waals surface area (Å²) >= 11 is 0. The second-order valence-electron chi connectivity index (χ2n) is 8.28. The van der Waals surface area contributed by atoms with Crippen LogP contribution in [0.15, 0.2) is 24.5 Å². The lowest BCUT2D eigenvalue weighted by molar-refractivity contribution is -0.384. The molecule has 2 aromatic rings. The van der Waals surface area contributed by atoms with Gasteiger partial charge in [0, 0.05) is 25.3 Å². The van der Waals surface area contributed by atoms with E-state index in [0.29, 0.717) is 24.7 Å². The van der Waals surface area contributed by atoms with E-state index in [1.54, 1.807) is 44.0 Å². The summed E-state index contributed by atoms with van der Waals surface area (Å²) in [6.07, 6.45) is 3.75. The van der Waals surface area contributed by atoms with Crippen molar-refractivity contribution in [1.82, 2.24) is 19.9 Å². The molecule has 1 amide bonds. The summed E-state index contributed by atoms with van der Waals surface area (Å²) in [6.45, 7) is 6.32. The van der Waals surface area contributed by atoms with Crippen molar-refractivity contribution in [2.24, 2.45) is 0 Å². The molecule has 3 rings (SSSR count). The van der Waals surface area contributed by atoms with E-state index in [-0.39, 0.29) is 23.5 Å². The fourth-order valence-electron chi connectivity index (χ4n) is 3.23. The molecule has 2 N–H and O–H groups in total. The third kappa shape index (κ3) is 5.93. The number of nitrogens with one attached hydrogen (secondary N) is 2. The highest BCUT2D eigenvalue weighted by Gasteiger charge is 2.29. The van der Waals surface area contributed by atoms with Crippen LogP contribution < -0.4 is 15.4 Å². The molecule has 0 bridgehead atoms. The van der Waals surface area contributed by atoms with Crippen molar-refractivity contribution in [3.8, 4) is 5.88 Å². The molecule has 3 heterocycles. The van der Waals surface area contributed by atoms with Gasteiger partial charge in [-0.05, 0) is 45.7 Å². The summed E-state index contributed by atoms with van der Waals surface area (Å²) in [6, 6.07) is 3.21. The number of anilines is 3.